The predicted molar refractivity (Wildman–Crippen MR) is 46.5 cm³/mol. The monoisotopic (exact) mass is 148 g/mol. The van der Waals surface area contributed by atoms with Crippen LogP contribution in [-0.2, 0) is 0 Å². The Morgan fingerprint density at radius 3 is 2.45 bits per heavy atom. The molecule has 0 spiro atoms. The van der Waals surface area contributed by atoms with Crippen LogP contribution >= 0.6 is 0 Å². The summed E-state index contributed by atoms with van der Waals surface area (Å²) in [6.45, 7) is 3.73. The van der Waals surface area contributed by atoms with E-state index in [0.717, 1.165) is 11.3 Å². The molecule has 0 bridgehead atoms. The average molecular weight is 148 g/mol. The second kappa shape index (κ2) is 5.31. The largest absolute Gasteiger partial charge is 0.402 e. The van der Waals surface area contributed by atoms with Gasteiger partial charge in [0.15, 0.2) is 0 Å². The van der Waals surface area contributed by atoms with Gasteiger partial charge in [0.1, 0.15) is 0 Å². The Bertz CT molecular complexity index is 235. The van der Waals surface area contributed by atoms with Crippen LogP contribution in [0.5, 0.6) is 0 Å². The van der Waals surface area contributed by atoms with Crippen molar-refractivity contribution in [2.75, 3.05) is 0 Å². The highest BCUT2D eigenvalue weighted by molar-refractivity contribution is 5.25. The Balaban J connectivity index is 4.15. The molecule has 2 N–H and O–H groups in total. The van der Waals surface area contributed by atoms with Crippen LogP contribution < -0.4 is 5.73 Å². The molecule has 11 heavy (non-hydrogen) atoms. The summed E-state index contributed by atoms with van der Waals surface area (Å²) < 4.78 is 0. The number of allylic oxidation sites excluding steroid dienone is 6. The van der Waals surface area contributed by atoms with Crippen molar-refractivity contribution < 1.29 is 0 Å². The summed E-state index contributed by atoms with van der Waals surface area (Å²) in [4.78, 5) is 0. The number of nitriles is 1. The lowest BCUT2D eigenvalue weighted by Crippen LogP contribution is -1.87. The van der Waals surface area contributed by atoms with Crippen molar-refractivity contribution in [2.24, 2.45) is 5.73 Å². The van der Waals surface area contributed by atoms with Crippen molar-refractivity contribution in [1.82, 2.24) is 0 Å². The van der Waals surface area contributed by atoms with Crippen molar-refractivity contribution in [3.63, 3.8) is 0 Å². The van der Waals surface area contributed by atoms with Crippen LogP contribution in [0.3, 0.4) is 0 Å². The number of hydrogen-bond acceptors (Lipinski definition) is 2. The molecule has 0 aliphatic heterocycles. The van der Waals surface area contributed by atoms with Gasteiger partial charge >= 0.3 is 0 Å². The number of hydrogen-bond donors (Lipinski definition) is 1. The molecular weight excluding hydrogens is 136 g/mol. The maximum atomic E-state index is 8.19. The maximum absolute atomic E-state index is 8.19. The highest BCUT2D eigenvalue weighted by Gasteiger charge is 1.77. The van der Waals surface area contributed by atoms with Gasteiger partial charge in [0.05, 0.1) is 6.07 Å². The smallest absolute Gasteiger partial charge is 0.0912 e. The van der Waals surface area contributed by atoms with Crippen molar-refractivity contribution >= 4 is 0 Å². The second-order valence-corrected chi connectivity index (χ2v) is 2.28. The van der Waals surface area contributed by atoms with Crippen LogP contribution in [-0.4, -0.2) is 0 Å². The Morgan fingerprint density at radius 1 is 1.36 bits per heavy atom. The van der Waals surface area contributed by atoms with Gasteiger partial charge in [0, 0.05) is 11.8 Å². The lowest BCUT2D eigenvalue weighted by Gasteiger charge is -1.87. The Kier molecular flexibility index (Phi) is 4.59. The predicted octanol–water partition coefficient (Wildman–Crippen LogP) is 1.87. The van der Waals surface area contributed by atoms with Gasteiger partial charge in [-0.05, 0) is 26.0 Å². The molecule has 0 aromatic rings. The van der Waals surface area contributed by atoms with E-state index in [2.05, 4.69) is 0 Å². The fraction of sp³-hybridized carbons (Fsp3) is 0.222. The Hall–Kier alpha value is -1.49. The van der Waals surface area contributed by atoms with Crippen LogP contribution in [0.25, 0.3) is 0 Å². The number of nitrogens with two attached hydrogens (primary N) is 1. The van der Waals surface area contributed by atoms with Gasteiger partial charge in [-0.3, -0.25) is 0 Å². The molecule has 0 aromatic carbocycles. The zero-order chi connectivity index (χ0) is 8.69. The van der Waals surface area contributed by atoms with Crippen molar-refractivity contribution in [3.8, 4) is 6.07 Å². The lowest BCUT2D eigenvalue weighted by molar-refractivity contribution is 1.31. The molecule has 2 heteroatoms. The first-order chi connectivity index (χ1) is 5.16. The summed E-state index contributed by atoms with van der Waals surface area (Å²) in [7, 11) is 0. The summed E-state index contributed by atoms with van der Waals surface area (Å²) in [5.41, 5.74) is 7.17. The highest BCUT2D eigenvalue weighted by Crippen LogP contribution is 1.95. The third-order valence-electron chi connectivity index (χ3n) is 1.03. The quantitative estimate of drug-likeness (QED) is 0.480. The fourth-order valence-electron chi connectivity index (χ4n) is 0.487. The molecule has 0 heterocycles. The maximum Gasteiger partial charge on any atom is 0.0912 e. The minimum atomic E-state index is 0.759. The molecule has 0 saturated carbocycles. The molecule has 0 aliphatic rings. The van der Waals surface area contributed by atoms with E-state index in [1.54, 1.807) is 12.2 Å². The second-order valence-electron chi connectivity index (χ2n) is 2.28. The van der Waals surface area contributed by atoms with Crippen molar-refractivity contribution in [1.29, 1.82) is 5.26 Å². The molecular formula is C9H12N2. The Labute approximate surface area is 67.3 Å². The van der Waals surface area contributed by atoms with E-state index in [1.807, 2.05) is 26.0 Å². The third kappa shape index (κ3) is 6.39. The van der Waals surface area contributed by atoms with Gasteiger partial charge in [-0.2, -0.15) is 5.26 Å². The lowest BCUT2D eigenvalue weighted by atomic mass is 10.2. The number of nitrogens with zero attached hydrogens (tertiary/aromatic N) is 1. The van der Waals surface area contributed by atoms with Gasteiger partial charge in [-0.15, -0.1) is 0 Å². The van der Waals surface area contributed by atoms with Gasteiger partial charge in [-0.25, -0.2) is 0 Å². The first kappa shape index (κ1) is 9.51. The molecule has 58 valence electrons. The molecule has 0 saturated heterocycles. The zero-order valence-electron chi connectivity index (χ0n) is 6.83. The Morgan fingerprint density at radius 2 is 2.00 bits per heavy atom. The van der Waals surface area contributed by atoms with Crippen LogP contribution in [0.2, 0.25) is 0 Å². The summed E-state index contributed by atoms with van der Waals surface area (Å²) >= 11 is 0. The average Bonchev–Trinajstić information content (AvgIpc) is 1.97. The first-order valence-electron chi connectivity index (χ1n) is 3.33. The number of rotatable bonds is 2. The van der Waals surface area contributed by atoms with Crippen molar-refractivity contribution in [3.05, 3.63) is 35.6 Å². The summed E-state index contributed by atoms with van der Waals surface area (Å²) in [6.07, 6.45) is 6.84. The molecule has 2 nitrogen and oxygen atoms in total. The third-order valence-corrected chi connectivity index (χ3v) is 1.03. The van der Waals surface area contributed by atoms with E-state index in [1.165, 1.54) is 6.08 Å². The van der Waals surface area contributed by atoms with Gasteiger partial charge in [0.2, 0.25) is 0 Å². The summed E-state index contributed by atoms with van der Waals surface area (Å²) in [5.74, 6) is 0. The molecule has 0 aliphatic carbocycles. The molecule has 0 atom stereocenters. The van der Waals surface area contributed by atoms with Gasteiger partial charge in [0.25, 0.3) is 0 Å². The highest BCUT2D eigenvalue weighted by atomic mass is 14.5. The standard InChI is InChI=1S/C9H12N2/c1-8(4-3-7-10)5-6-9(2)11/h3-6H,11H2,1-2H3/b4-3+,8-5-,9-6+. The zero-order valence-corrected chi connectivity index (χ0v) is 6.83. The minimum Gasteiger partial charge on any atom is -0.402 e. The van der Waals surface area contributed by atoms with Gasteiger partial charge < -0.3 is 5.73 Å². The molecule has 0 amide bonds. The van der Waals surface area contributed by atoms with E-state index in [0.29, 0.717) is 0 Å². The van der Waals surface area contributed by atoms with E-state index >= 15 is 0 Å². The van der Waals surface area contributed by atoms with Crippen LogP contribution in [0.4, 0.5) is 0 Å². The molecule has 0 unspecified atom stereocenters. The van der Waals surface area contributed by atoms with E-state index in [9.17, 15) is 0 Å². The van der Waals surface area contributed by atoms with Crippen LogP contribution in [0, 0.1) is 11.3 Å². The summed E-state index contributed by atoms with van der Waals surface area (Å²) in [5, 5.41) is 8.19. The fourth-order valence-corrected chi connectivity index (χ4v) is 0.487. The molecule has 0 radical (unpaired) electrons. The molecule has 0 fully saturated rings. The van der Waals surface area contributed by atoms with Crippen LogP contribution in [0.1, 0.15) is 13.8 Å². The molecule has 0 aromatic heterocycles. The first-order valence-corrected chi connectivity index (χ1v) is 3.33. The van der Waals surface area contributed by atoms with E-state index in [-0.39, 0.29) is 0 Å². The van der Waals surface area contributed by atoms with E-state index < -0.39 is 0 Å². The summed E-state index contributed by atoms with van der Waals surface area (Å²) in [6, 6.07) is 1.91. The van der Waals surface area contributed by atoms with Crippen molar-refractivity contribution in [2.45, 2.75) is 13.8 Å². The van der Waals surface area contributed by atoms with Crippen LogP contribution in [0.15, 0.2) is 35.6 Å². The normalized spacial score (nSPS) is 13.5. The topological polar surface area (TPSA) is 49.8 Å². The SMILES string of the molecule is CC(=C/C=C(\C)N)/C=C/C#N. The molecule has 0 rings (SSSR count). The van der Waals surface area contributed by atoms with E-state index in [4.69, 9.17) is 11.0 Å². The minimum absolute atomic E-state index is 0.759. The van der Waals surface area contributed by atoms with Gasteiger partial charge in [-0.1, -0.05) is 11.6 Å².